The third-order valence-electron chi connectivity index (χ3n) is 3.34. The maximum atomic E-state index is 11.9. The zero-order valence-electron chi connectivity index (χ0n) is 9.71. The van der Waals surface area contributed by atoms with Crippen molar-refractivity contribution in [3.63, 3.8) is 0 Å². The minimum Gasteiger partial charge on any atom is -0.488 e. The highest BCUT2D eigenvalue weighted by Gasteiger charge is 2.37. The van der Waals surface area contributed by atoms with Gasteiger partial charge in [0, 0.05) is 31.3 Å². The van der Waals surface area contributed by atoms with Crippen molar-refractivity contribution in [1.29, 1.82) is 0 Å². The Morgan fingerprint density at radius 2 is 2.06 bits per heavy atom. The molecule has 1 aliphatic carbocycles. The Labute approximate surface area is 101 Å². The number of carbonyl (C=O) groups is 1. The average Bonchev–Trinajstić information content (AvgIpc) is 3.11. The molecule has 1 aromatic rings. The zero-order chi connectivity index (χ0) is 11.7. The highest BCUT2D eigenvalue weighted by atomic mass is 16.5. The number of ether oxygens (including phenoxy) is 1. The molecule has 4 heteroatoms. The van der Waals surface area contributed by atoms with E-state index in [-0.39, 0.29) is 6.10 Å². The zero-order valence-corrected chi connectivity index (χ0v) is 9.71. The Balaban J connectivity index is 1.55. The largest absolute Gasteiger partial charge is 0.488 e. The number of nitrogens with zero attached hydrogens (tertiary/aromatic N) is 2. The van der Waals surface area contributed by atoms with Crippen molar-refractivity contribution in [1.82, 2.24) is 9.88 Å². The van der Waals surface area contributed by atoms with E-state index in [4.69, 9.17) is 4.74 Å². The van der Waals surface area contributed by atoms with Crippen LogP contribution in [0.5, 0.6) is 5.75 Å². The number of hydrogen-bond donors (Lipinski definition) is 0. The van der Waals surface area contributed by atoms with Gasteiger partial charge in [-0.15, -0.1) is 0 Å². The molecule has 1 aliphatic heterocycles. The summed E-state index contributed by atoms with van der Waals surface area (Å²) in [5.74, 6) is 1.48. The van der Waals surface area contributed by atoms with Crippen molar-refractivity contribution in [2.75, 3.05) is 13.1 Å². The van der Waals surface area contributed by atoms with Gasteiger partial charge < -0.3 is 9.64 Å². The molecule has 1 amide bonds. The standard InChI is InChI=1S/C13H16N2O2/c16-13(10-1-2-10)15-8-5-12(9-15)17-11-3-6-14-7-4-11/h3-4,6-7,10,12H,1-2,5,8-9H2/t12-/m1/s1. The van der Waals surface area contributed by atoms with E-state index in [1.165, 1.54) is 0 Å². The predicted octanol–water partition coefficient (Wildman–Crippen LogP) is 1.47. The van der Waals surface area contributed by atoms with Crippen LogP contribution in [0.15, 0.2) is 24.5 Å². The minimum absolute atomic E-state index is 0.139. The molecule has 0 radical (unpaired) electrons. The highest BCUT2D eigenvalue weighted by molar-refractivity contribution is 5.81. The SMILES string of the molecule is O=C(C1CC1)N1CC[C@@H](Oc2ccncc2)C1. The number of amides is 1. The molecule has 0 N–H and O–H groups in total. The lowest BCUT2D eigenvalue weighted by Gasteiger charge is -2.16. The van der Waals surface area contributed by atoms with Crippen LogP contribution in [-0.2, 0) is 4.79 Å². The Bertz CT molecular complexity index is 403. The lowest BCUT2D eigenvalue weighted by molar-refractivity contribution is -0.131. The van der Waals surface area contributed by atoms with Crippen LogP contribution < -0.4 is 4.74 Å². The molecule has 1 aromatic heterocycles. The molecule has 0 bridgehead atoms. The van der Waals surface area contributed by atoms with Crippen LogP contribution in [-0.4, -0.2) is 35.0 Å². The molecule has 4 nitrogen and oxygen atoms in total. The van der Waals surface area contributed by atoms with Crippen molar-refractivity contribution in [2.24, 2.45) is 5.92 Å². The fraction of sp³-hybridized carbons (Fsp3) is 0.538. The summed E-state index contributed by atoms with van der Waals surface area (Å²) in [7, 11) is 0. The van der Waals surface area contributed by atoms with Crippen LogP contribution >= 0.6 is 0 Å². The molecule has 1 atom stereocenters. The van der Waals surface area contributed by atoms with E-state index >= 15 is 0 Å². The van der Waals surface area contributed by atoms with E-state index in [2.05, 4.69) is 4.98 Å². The molecule has 0 unspecified atom stereocenters. The lowest BCUT2D eigenvalue weighted by Crippen LogP contribution is -2.31. The smallest absolute Gasteiger partial charge is 0.225 e. The number of pyridine rings is 1. The summed E-state index contributed by atoms with van der Waals surface area (Å²) in [6.07, 6.45) is 6.66. The van der Waals surface area contributed by atoms with Crippen LogP contribution in [0.25, 0.3) is 0 Å². The van der Waals surface area contributed by atoms with E-state index in [1.54, 1.807) is 12.4 Å². The van der Waals surface area contributed by atoms with Crippen LogP contribution in [0.2, 0.25) is 0 Å². The Hall–Kier alpha value is -1.58. The third-order valence-corrected chi connectivity index (χ3v) is 3.34. The fourth-order valence-corrected chi connectivity index (χ4v) is 2.22. The molecule has 2 heterocycles. The molecular weight excluding hydrogens is 216 g/mol. The molecule has 0 spiro atoms. The van der Waals surface area contributed by atoms with Gasteiger partial charge in [-0.25, -0.2) is 0 Å². The first-order valence-electron chi connectivity index (χ1n) is 6.18. The molecule has 0 aromatic carbocycles. The first-order valence-corrected chi connectivity index (χ1v) is 6.18. The van der Waals surface area contributed by atoms with Gasteiger partial charge in [0.25, 0.3) is 0 Å². The maximum absolute atomic E-state index is 11.9. The van der Waals surface area contributed by atoms with Gasteiger partial charge in [0.2, 0.25) is 5.91 Å². The summed E-state index contributed by atoms with van der Waals surface area (Å²) in [6, 6.07) is 3.71. The second-order valence-corrected chi connectivity index (χ2v) is 4.77. The quantitative estimate of drug-likeness (QED) is 0.792. The topological polar surface area (TPSA) is 42.4 Å². The van der Waals surface area contributed by atoms with Crippen molar-refractivity contribution in [2.45, 2.75) is 25.4 Å². The monoisotopic (exact) mass is 232 g/mol. The highest BCUT2D eigenvalue weighted by Crippen LogP contribution is 2.32. The van der Waals surface area contributed by atoms with E-state index < -0.39 is 0 Å². The van der Waals surface area contributed by atoms with Crippen LogP contribution in [0, 0.1) is 5.92 Å². The van der Waals surface area contributed by atoms with Crippen molar-refractivity contribution >= 4 is 5.91 Å². The minimum atomic E-state index is 0.139. The van der Waals surface area contributed by atoms with Gasteiger partial charge in [0.1, 0.15) is 11.9 Å². The van der Waals surface area contributed by atoms with Gasteiger partial charge in [-0.3, -0.25) is 9.78 Å². The lowest BCUT2D eigenvalue weighted by atomic mass is 10.3. The van der Waals surface area contributed by atoms with Gasteiger partial charge in [0.05, 0.1) is 6.54 Å². The van der Waals surface area contributed by atoms with Crippen molar-refractivity contribution < 1.29 is 9.53 Å². The van der Waals surface area contributed by atoms with Crippen LogP contribution in [0.1, 0.15) is 19.3 Å². The number of likely N-dealkylation sites (tertiary alicyclic amines) is 1. The second kappa shape index (κ2) is 4.35. The number of rotatable bonds is 3. The first kappa shape index (κ1) is 10.6. The Kier molecular flexibility index (Phi) is 2.71. The maximum Gasteiger partial charge on any atom is 0.225 e. The van der Waals surface area contributed by atoms with E-state index in [0.29, 0.717) is 11.8 Å². The summed E-state index contributed by atoms with van der Waals surface area (Å²) in [4.78, 5) is 17.8. The van der Waals surface area contributed by atoms with Gasteiger partial charge in [-0.2, -0.15) is 0 Å². The molecule has 1 saturated carbocycles. The van der Waals surface area contributed by atoms with Gasteiger partial charge >= 0.3 is 0 Å². The second-order valence-electron chi connectivity index (χ2n) is 4.77. The summed E-state index contributed by atoms with van der Waals surface area (Å²) < 4.78 is 5.82. The Morgan fingerprint density at radius 1 is 1.29 bits per heavy atom. The molecular formula is C13H16N2O2. The number of hydrogen-bond acceptors (Lipinski definition) is 3. The summed E-state index contributed by atoms with van der Waals surface area (Å²) in [6.45, 7) is 1.57. The average molecular weight is 232 g/mol. The van der Waals surface area contributed by atoms with Crippen LogP contribution in [0.4, 0.5) is 0 Å². The fourth-order valence-electron chi connectivity index (χ4n) is 2.22. The molecule has 3 rings (SSSR count). The van der Waals surface area contributed by atoms with Crippen LogP contribution in [0.3, 0.4) is 0 Å². The predicted molar refractivity (Wildman–Crippen MR) is 62.6 cm³/mol. The molecule has 1 saturated heterocycles. The molecule has 2 aliphatic rings. The summed E-state index contributed by atoms with van der Waals surface area (Å²) >= 11 is 0. The van der Waals surface area contributed by atoms with E-state index in [0.717, 1.165) is 38.1 Å². The first-order chi connectivity index (χ1) is 8.33. The van der Waals surface area contributed by atoms with E-state index in [9.17, 15) is 4.79 Å². The normalized spacial score (nSPS) is 23.8. The summed E-state index contributed by atoms with van der Waals surface area (Å²) in [5, 5.41) is 0. The Morgan fingerprint density at radius 3 is 2.76 bits per heavy atom. The van der Waals surface area contributed by atoms with Gasteiger partial charge in [-0.05, 0) is 25.0 Å². The van der Waals surface area contributed by atoms with Gasteiger partial charge in [0.15, 0.2) is 0 Å². The van der Waals surface area contributed by atoms with Gasteiger partial charge in [-0.1, -0.05) is 0 Å². The number of carbonyl (C=O) groups excluding carboxylic acids is 1. The third kappa shape index (κ3) is 2.40. The molecule has 2 fully saturated rings. The summed E-state index contributed by atoms with van der Waals surface area (Å²) in [5.41, 5.74) is 0. The van der Waals surface area contributed by atoms with E-state index in [1.807, 2.05) is 17.0 Å². The number of aromatic nitrogens is 1. The van der Waals surface area contributed by atoms with Crippen molar-refractivity contribution in [3.8, 4) is 5.75 Å². The van der Waals surface area contributed by atoms with Crippen molar-refractivity contribution in [3.05, 3.63) is 24.5 Å². The molecule has 17 heavy (non-hydrogen) atoms. The molecule has 90 valence electrons.